The number of benzene rings is 1. The molecule has 1 heterocycles. The predicted molar refractivity (Wildman–Crippen MR) is 75.8 cm³/mol. The minimum absolute atomic E-state index is 0.382. The van der Waals surface area contributed by atoms with Crippen LogP contribution in [-0.4, -0.2) is 34.3 Å². The van der Waals surface area contributed by atoms with Crippen LogP contribution in [0.2, 0.25) is 0 Å². The van der Waals surface area contributed by atoms with E-state index in [2.05, 4.69) is 0 Å². The second-order valence-electron chi connectivity index (χ2n) is 5.93. The van der Waals surface area contributed by atoms with Gasteiger partial charge in [-0.05, 0) is 39.2 Å². The maximum Gasteiger partial charge on any atom is 0.494 e. The first kappa shape index (κ1) is 15.5. The summed E-state index contributed by atoms with van der Waals surface area (Å²) in [4.78, 5) is 21.3. The van der Waals surface area contributed by atoms with Crippen LogP contribution in [0.3, 0.4) is 0 Å². The third kappa shape index (κ3) is 2.64. The number of nitro benzene ring substituents is 1. The number of carboxylic acid groups (broad SMARTS) is 1. The van der Waals surface area contributed by atoms with E-state index in [1.54, 1.807) is 0 Å². The van der Waals surface area contributed by atoms with Crippen LogP contribution in [0.15, 0.2) is 18.2 Å². The second kappa shape index (κ2) is 4.82. The van der Waals surface area contributed by atoms with Crippen LogP contribution in [0.1, 0.15) is 38.1 Å². The van der Waals surface area contributed by atoms with Gasteiger partial charge in [0, 0.05) is 6.07 Å². The Balaban J connectivity index is 2.41. The molecule has 0 aromatic heterocycles. The third-order valence-electron chi connectivity index (χ3n) is 3.97. The van der Waals surface area contributed by atoms with Crippen LogP contribution in [-0.2, 0) is 9.31 Å². The Labute approximate surface area is 122 Å². The zero-order valence-corrected chi connectivity index (χ0v) is 12.2. The molecule has 0 saturated carbocycles. The van der Waals surface area contributed by atoms with Gasteiger partial charge < -0.3 is 14.4 Å². The molecule has 1 aliphatic heterocycles. The monoisotopic (exact) mass is 293 g/mol. The summed E-state index contributed by atoms with van der Waals surface area (Å²) in [7, 11) is -0.756. The number of nitrogens with zero attached hydrogens (tertiary/aromatic N) is 1. The molecule has 1 aromatic rings. The molecule has 1 saturated heterocycles. The predicted octanol–water partition coefficient (Wildman–Crippen LogP) is 1.59. The third-order valence-corrected chi connectivity index (χ3v) is 3.97. The molecule has 112 valence electrons. The molecule has 1 fully saturated rings. The lowest BCUT2D eigenvalue weighted by atomic mass is 9.78. The highest BCUT2D eigenvalue weighted by Gasteiger charge is 2.51. The Bertz CT molecular complexity index is 597. The molecule has 21 heavy (non-hydrogen) atoms. The summed E-state index contributed by atoms with van der Waals surface area (Å²) < 4.78 is 11.6. The maximum absolute atomic E-state index is 11.2. The Kier molecular flexibility index (Phi) is 3.55. The normalized spacial score (nSPS) is 19.5. The standard InChI is InChI=1S/C13H16BNO6/c1-12(2)13(3,4)21-14(20-12)8-5-6-10(15(18)19)9(7-8)11(16)17/h5-7H,1-4H3,(H,16,17). The molecular weight excluding hydrogens is 277 g/mol. The van der Waals surface area contributed by atoms with Crippen LogP contribution < -0.4 is 5.46 Å². The molecule has 1 aromatic carbocycles. The highest BCUT2D eigenvalue weighted by Crippen LogP contribution is 2.36. The van der Waals surface area contributed by atoms with Gasteiger partial charge in [-0.3, -0.25) is 10.1 Å². The number of hydrogen-bond donors (Lipinski definition) is 1. The fraction of sp³-hybridized carbons (Fsp3) is 0.462. The van der Waals surface area contributed by atoms with Crippen LogP contribution in [0.4, 0.5) is 5.69 Å². The van der Waals surface area contributed by atoms with Crippen molar-refractivity contribution < 1.29 is 24.1 Å². The molecule has 0 radical (unpaired) electrons. The zero-order chi connectivity index (χ0) is 16.0. The van der Waals surface area contributed by atoms with Gasteiger partial charge in [-0.1, -0.05) is 6.07 Å². The minimum Gasteiger partial charge on any atom is -0.477 e. The summed E-state index contributed by atoms with van der Waals surface area (Å²) in [6, 6.07) is 3.83. The molecule has 0 spiro atoms. The van der Waals surface area contributed by atoms with E-state index in [4.69, 9.17) is 14.4 Å². The Morgan fingerprint density at radius 2 is 1.76 bits per heavy atom. The molecule has 1 aliphatic rings. The van der Waals surface area contributed by atoms with Crippen molar-refractivity contribution in [3.8, 4) is 0 Å². The Hall–Kier alpha value is -1.93. The SMILES string of the molecule is CC1(C)OB(c2ccc([N+](=O)[O-])c(C(=O)O)c2)OC1(C)C. The Morgan fingerprint density at radius 3 is 2.19 bits per heavy atom. The van der Waals surface area contributed by atoms with E-state index in [0.29, 0.717) is 5.46 Å². The summed E-state index contributed by atoms with van der Waals surface area (Å²) in [5.41, 5.74) is -1.53. The molecule has 0 aliphatic carbocycles. The molecule has 2 rings (SSSR count). The van der Waals surface area contributed by atoms with E-state index >= 15 is 0 Å². The van der Waals surface area contributed by atoms with E-state index in [1.807, 2.05) is 27.7 Å². The van der Waals surface area contributed by atoms with Gasteiger partial charge in [0.1, 0.15) is 5.56 Å². The topological polar surface area (TPSA) is 98.9 Å². The van der Waals surface area contributed by atoms with Crippen molar-refractivity contribution in [2.75, 3.05) is 0 Å². The lowest BCUT2D eigenvalue weighted by Crippen LogP contribution is -2.41. The van der Waals surface area contributed by atoms with Crippen molar-refractivity contribution >= 4 is 24.2 Å². The summed E-state index contributed by atoms with van der Waals surface area (Å²) in [5.74, 6) is -1.36. The van der Waals surface area contributed by atoms with Gasteiger partial charge in [0.15, 0.2) is 0 Å². The van der Waals surface area contributed by atoms with Crippen LogP contribution in [0.5, 0.6) is 0 Å². The van der Waals surface area contributed by atoms with Crippen molar-refractivity contribution in [1.82, 2.24) is 0 Å². The first-order valence-corrected chi connectivity index (χ1v) is 6.42. The summed E-state index contributed by atoms with van der Waals surface area (Å²) >= 11 is 0. The van der Waals surface area contributed by atoms with Crippen LogP contribution >= 0.6 is 0 Å². The van der Waals surface area contributed by atoms with Gasteiger partial charge in [0.05, 0.1) is 16.1 Å². The van der Waals surface area contributed by atoms with Gasteiger partial charge in [-0.2, -0.15) is 0 Å². The van der Waals surface area contributed by atoms with E-state index in [0.717, 1.165) is 6.07 Å². The molecule has 1 N–H and O–H groups in total. The summed E-state index contributed by atoms with van der Waals surface area (Å²) in [6.07, 6.45) is 0. The molecule has 0 unspecified atom stereocenters. The fourth-order valence-electron chi connectivity index (χ4n) is 2.01. The van der Waals surface area contributed by atoms with Gasteiger partial charge in [-0.15, -0.1) is 0 Å². The van der Waals surface area contributed by atoms with Gasteiger partial charge in [-0.25, -0.2) is 4.79 Å². The van der Waals surface area contributed by atoms with Gasteiger partial charge >= 0.3 is 13.1 Å². The number of carbonyl (C=O) groups is 1. The second-order valence-corrected chi connectivity index (χ2v) is 5.93. The number of carboxylic acids is 1. The highest BCUT2D eigenvalue weighted by molar-refractivity contribution is 6.62. The van der Waals surface area contributed by atoms with E-state index < -0.39 is 34.9 Å². The van der Waals surface area contributed by atoms with Crippen LogP contribution in [0, 0.1) is 10.1 Å². The number of hydrogen-bond acceptors (Lipinski definition) is 5. The quantitative estimate of drug-likeness (QED) is 0.516. The molecule has 8 heteroatoms. The molecule has 0 bridgehead atoms. The van der Waals surface area contributed by atoms with Crippen molar-refractivity contribution in [2.45, 2.75) is 38.9 Å². The number of nitro groups is 1. The molecule has 7 nitrogen and oxygen atoms in total. The highest BCUT2D eigenvalue weighted by atomic mass is 16.7. The lowest BCUT2D eigenvalue weighted by Gasteiger charge is -2.32. The smallest absolute Gasteiger partial charge is 0.477 e. The van der Waals surface area contributed by atoms with Gasteiger partial charge in [0.2, 0.25) is 0 Å². The molecule has 0 atom stereocenters. The fourth-order valence-corrected chi connectivity index (χ4v) is 2.01. The first-order valence-electron chi connectivity index (χ1n) is 6.42. The lowest BCUT2D eigenvalue weighted by molar-refractivity contribution is -0.385. The van der Waals surface area contributed by atoms with E-state index in [9.17, 15) is 14.9 Å². The van der Waals surface area contributed by atoms with Crippen LogP contribution in [0.25, 0.3) is 0 Å². The maximum atomic E-state index is 11.2. The van der Waals surface area contributed by atoms with Crippen molar-refractivity contribution in [3.05, 3.63) is 33.9 Å². The van der Waals surface area contributed by atoms with Gasteiger partial charge in [0.25, 0.3) is 5.69 Å². The number of aromatic carboxylic acids is 1. The summed E-state index contributed by atoms with van der Waals surface area (Å²) in [6.45, 7) is 7.49. The zero-order valence-electron chi connectivity index (χ0n) is 12.2. The first-order chi connectivity index (χ1) is 9.55. The minimum atomic E-state index is -1.36. The molecular formula is C13H16BNO6. The average Bonchev–Trinajstić information content (AvgIpc) is 2.57. The van der Waals surface area contributed by atoms with Crippen molar-refractivity contribution in [2.24, 2.45) is 0 Å². The Morgan fingerprint density at radius 1 is 1.24 bits per heavy atom. The van der Waals surface area contributed by atoms with Crippen molar-refractivity contribution in [3.63, 3.8) is 0 Å². The number of rotatable bonds is 3. The van der Waals surface area contributed by atoms with E-state index in [-0.39, 0.29) is 5.56 Å². The van der Waals surface area contributed by atoms with Crippen molar-refractivity contribution in [1.29, 1.82) is 0 Å². The largest absolute Gasteiger partial charge is 0.494 e. The molecule has 0 amide bonds. The average molecular weight is 293 g/mol. The summed E-state index contributed by atoms with van der Waals surface area (Å²) in [5, 5.41) is 19.9. The van der Waals surface area contributed by atoms with E-state index in [1.165, 1.54) is 12.1 Å².